The summed E-state index contributed by atoms with van der Waals surface area (Å²) in [5.41, 5.74) is 0. The lowest BCUT2D eigenvalue weighted by atomic mass is 10.1. The molecule has 3 nitrogen and oxygen atoms in total. The Balaban J connectivity index is 0.000000774. The van der Waals surface area contributed by atoms with Gasteiger partial charge in [0.2, 0.25) is 0 Å². The number of hydrogen-bond donors (Lipinski definition) is 0. The molecule has 3 rings (SSSR count). The molecule has 0 aliphatic carbocycles. The lowest BCUT2D eigenvalue weighted by Crippen LogP contribution is -2.30. The number of benzene rings is 1. The standard InChI is InChI=1S/C16H18N2O.C2H6/c1-3-7-14(8-4-1)19-15-9-10-17-16(13-15)18-11-5-2-6-12-18;1-2/h1,3-4,7-10,13H,2,5-6,11-12H2;1-2H3. The first-order valence-corrected chi connectivity index (χ1v) is 7.86. The minimum absolute atomic E-state index is 0.849. The summed E-state index contributed by atoms with van der Waals surface area (Å²) in [4.78, 5) is 6.79. The van der Waals surface area contributed by atoms with E-state index in [-0.39, 0.29) is 0 Å². The molecule has 1 fully saturated rings. The van der Waals surface area contributed by atoms with Crippen molar-refractivity contribution in [1.82, 2.24) is 4.98 Å². The molecular formula is C18H24N2O. The third-order valence-electron chi connectivity index (χ3n) is 3.38. The Morgan fingerprint density at radius 2 is 1.62 bits per heavy atom. The lowest BCUT2D eigenvalue weighted by Gasteiger charge is -2.27. The van der Waals surface area contributed by atoms with Gasteiger partial charge in [0.05, 0.1) is 0 Å². The number of ether oxygens (including phenoxy) is 1. The van der Waals surface area contributed by atoms with Gasteiger partial charge < -0.3 is 9.64 Å². The second-order valence-corrected chi connectivity index (χ2v) is 4.81. The predicted molar refractivity (Wildman–Crippen MR) is 88.2 cm³/mol. The van der Waals surface area contributed by atoms with Crippen LogP contribution in [0.1, 0.15) is 33.1 Å². The molecule has 1 aromatic carbocycles. The van der Waals surface area contributed by atoms with Crippen LogP contribution in [0.3, 0.4) is 0 Å². The Kier molecular flexibility index (Phi) is 6.07. The fraction of sp³-hybridized carbons (Fsp3) is 0.389. The zero-order chi connectivity index (χ0) is 14.9. The van der Waals surface area contributed by atoms with Crippen LogP contribution in [-0.4, -0.2) is 18.1 Å². The number of para-hydroxylation sites is 1. The maximum Gasteiger partial charge on any atom is 0.132 e. The molecule has 0 atom stereocenters. The second-order valence-electron chi connectivity index (χ2n) is 4.81. The van der Waals surface area contributed by atoms with Gasteiger partial charge in [0.25, 0.3) is 0 Å². The van der Waals surface area contributed by atoms with Crippen molar-refractivity contribution in [1.29, 1.82) is 0 Å². The molecule has 0 unspecified atom stereocenters. The molecule has 112 valence electrons. The Morgan fingerprint density at radius 3 is 2.33 bits per heavy atom. The van der Waals surface area contributed by atoms with Gasteiger partial charge in [-0.15, -0.1) is 0 Å². The van der Waals surface area contributed by atoms with Crippen LogP contribution in [0.15, 0.2) is 48.7 Å². The SMILES string of the molecule is CC.c1ccc(Oc2ccnc(N3CCCCC3)c2)cc1. The quantitative estimate of drug-likeness (QED) is 0.802. The Morgan fingerprint density at radius 1 is 0.905 bits per heavy atom. The maximum atomic E-state index is 5.84. The molecule has 0 bridgehead atoms. The average Bonchev–Trinajstić information content (AvgIpc) is 2.59. The summed E-state index contributed by atoms with van der Waals surface area (Å²) in [6.07, 6.45) is 5.66. The number of rotatable bonds is 3. The predicted octanol–water partition coefficient (Wildman–Crippen LogP) is 4.89. The van der Waals surface area contributed by atoms with E-state index in [9.17, 15) is 0 Å². The van der Waals surface area contributed by atoms with E-state index >= 15 is 0 Å². The fourth-order valence-electron chi connectivity index (χ4n) is 2.38. The number of hydrogen-bond acceptors (Lipinski definition) is 3. The van der Waals surface area contributed by atoms with Gasteiger partial charge in [-0.25, -0.2) is 4.98 Å². The zero-order valence-electron chi connectivity index (χ0n) is 13.0. The first-order valence-electron chi connectivity index (χ1n) is 7.86. The number of piperidine rings is 1. The first kappa shape index (κ1) is 15.4. The smallest absolute Gasteiger partial charge is 0.132 e. The van der Waals surface area contributed by atoms with Crippen LogP contribution in [0.5, 0.6) is 11.5 Å². The summed E-state index contributed by atoms with van der Waals surface area (Å²) in [5.74, 6) is 2.73. The molecule has 0 radical (unpaired) electrons. The van der Waals surface area contributed by atoms with Crippen molar-refractivity contribution in [3.63, 3.8) is 0 Å². The molecule has 1 aromatic heterocycles. The van der Waals surface area contributed by atoms with Gasteiger partial charge >= 0.3 is 0 Å². The van der Waals surface area contributed by atoms with Crippen molar-refractivity contribution in [2.75, 3.05) is 18.0 Å². The van der Waals surface area contributed by atoms with Crippen molar-refractivity contribution in [3.05, 3.63) is 48.7 Å². The molecule has 0 amide bonds. The molecular weight excluding hydrogens is 260 g/mol. The number of pyridine rings is 1. The first-order chi connectivity index (χ1) is 10.4. The Hall–Kier alpha value is -2.03. The summed E-state index contributed by atoms with van der Waals surface area (Å²) >= 11 is 0. The van der Waals surface area contributed by atoms with E-state index in [2.05, 4.69) is 9.88 Å². The molecule has 2 heterocycles. The molecule has 1 aliphatic heterocycles. The maximum absolute atomic E-state index is 5.84. The van der Waals surface area contributed by atoms with Crippen LogP contribution < -0.4 is 9.64 Å². The van der Waals surface area contributed by atoms with Crippen molar-refractivity contribution < 1.29 is 4.74 Å². The second kappa shape index (κ2) is 8.30. The van der Waals surface area contributed by atoms with Crippen LogP contribution >= 0.6 is 0 Å². The Bertz CT molecular complexity index is 522. The molecule has 0 spiro atoms. The van der Waals surface area contributed by atoms with Crippen LogP contribution in [-0.2, 0) is 0 Å². The van der Waals surface area contributed by atoms with E-state index < -0.39 is 0 Å². The zero-order valence-corrected chi connectivity index (χ0v) is 13.0. The summed E-state index contributed by atoms with van der Waals surface area (Å²) in [6, 6.07) is 13.8. The highest BCUT2D eigenvalue weighted by atomic mass is 16.5. The Labute approximate surface area is 127 Å². The van der Waals surface area contributed by atoms with Gasteiger partial charge in [0.15, 0.2) is 0 Å². The summed E-state index contributed by atoms with van der Waals surface area (Å²) in [5, 5.41) is 0. The molecule has 1 saturated heterocycles. The minimum atomic E-state index is 0.849. The van der Waals surface area contributed by atoms with E-state index in [1.165, 1.54) is 19.3 Å². The monoisotopic (exact) mass is 284 g/mol. The normalized spacial score (nSPS) is 14.1. The molecule has 2 aromatic rings. The summed E-state index contributed by atoms with van der Waals surface area (Å²) in [7, 11) is 0. The van der Waals surface area contributed by atoms with Crippen molar-refractivity contribution in [3.8, 4) is 11.5 Å². The topological polar surface area (TPSA) is 25.4 Å². The van der Waals surface area contributed by atoms with Gasteiger partial charge in [0.1, 0.15) is 17.3 Å². The van der Waals surface area contributed by atoms with Crippen molar-refractivity contribution in [2.24, 2.45) is 0 Å². The van der Waals surface area contributed by atoms with E-state index in [4.69, 9.17) is 4.74 Å². The molecule has 0 N–H and O–H groups in total. The molecule has 0 saturated carbocycles. The van der Waals surface area contributed by atoms with Gasteiger partial charge in [0, 0.05) is 25.4 Å². The average molecular weight is 284 g/mol. The highest BCUT2D eigenvalue weighted by molar-refractivity contribution is 5.45. The minimum Gasteiger partial charge on any atom is -0.457 e. The van der Waals surface area contributed by atoms with Crippen LogP contribution in [0.4, 0.5) is 5.82 Å². The fourth-order valence-corrected chi connectivity index (χ4v) is 2.38. The largest absolute Gasteiger partial charge is 0.457 e. The van der Waals surface area contributed by atoms with Gasteiger partial charge in [-0.1, -0.05) is 32.0 Å². The van der Waals surface area contributed by atoms with Crippen LogP contribution in [0.2, 0.25) is 0 Å². The number of nitrogens with zero attached hydrogens (tertiary/aromatic N) is 2. The highest BCUT2D eigenvalue weighted by Gasteiger charge is 2.12. The van der Waals surface area contributed by atoms with E-state index in [1.807, 2.05) is 62.5 Å². The van der Waals surface area contributed by atoms with E-state index in [0.717, 1.165) is 30.4 Å². The number of anilines is 1. The third kappa shape index (κ3) is 4.48. The van der Waals surface area contributed by atoms with Gasteiger partial charge in [-0.05, 0) is 37.5 Å². The highest BCUT2D eigenvalue weighted by Crippen LogP contribution is 2.25. The number of aromatic nitrogens is 1. The van der Waals surface area contributed by atoms with Crippen LogP contribution in [0, 0.1) is 0 Å². The summed E-state index contributed by atoms with van der Waals surface area (Å²) < 4.78 is 5.84. The molecule has 3 heteroatoms. The van der Waals surface area contributed by atoms with Crippen molar-refractivity contribution in [2.45, 2.75) is 33.1 Å². The third-order valence-corrected chi connectivity index (χ3v) is 3.38. The van der Waals surface area contributed by atoms with Crippen molar-refractivity contribution >= 4 is 5.82 Å². The molecule has 21 heavy (non-hydrogen) atoms. The molecule has 1 aliphatic rings. The van der Waals surface area contributed by atoms with Gasteiger partial charge in [-0.3, -0.25) is 0 Å². The van der Waals surface area contributed by atoms with E-state index in [0.29, 0.717) is 0 Å². The van der Waals surface area contributed by atoms with Crippen LogP contribution in [0.25, 0.3) is 0 Å². The van der Waals surface area contributed by atoms with Gasteiger partial charge in [-0.2, -0.15) is 0 Å². The lowest BCUT2D eigenvalue weighted by molar-refractivity contribution is 0.481. The van der Waals surface area contributed by atoms with E-state index in [1.54, 1.807) is 0 Å². The summed E-state index contributed by atoms with van der Waals surface area (Å²) in [6.45, 7) is 6.20.